The number of nitrogens with zero attached hydrogens (tertiary/aromatic N) is 2. The summed E-state index contributed by atoms with van der Waals surface area (Å²) in [6.07, 6.45) is 2.81. The van der Waals surface area contributed by atoms with E-state index in [1.165, 1.54) is 0 Å². The summed E-state index contributed by atoms with van der Waals surface area (Å²) in [6, 6.07) is 11.3. The van der Waals surface area contributed by atoms with Gasteiger partial charge in [0.2, 0.25) is 5.91 Å². The second kappa shape index (κ2) is 6.44. The lowest BCUT2D eigenvalue weighted by atomic mass is 9.85. The number of anilines is 2. The summed E-state index contributed by atoms with van der Waals surface area (Å²) in [4.78, 5) is 31.0. The third-order valence-electron chi connectivity index (χ3n) is 5.22. The van der Waals surface area contributed by atoms with E-state index in [-0.39, 0.29) is 23.9 Å². The molecule has 2 aromatic rings. The number of fused-ring (bicyclic) bond motifs is 1. The third-order valence-corrected chi connectivity index (χ3v) is 5.22. The summed E-state index contributed by atoms with van der Waals surface area (Å²) in [5, 5.41) is 5.98. The first kappa shape index (κ1) is 16.6. The fourth-order valence-corrected chi connectivity index (χ4v) is 3.38. The molecule has 1 atom stereocenters. The summed E-state index contributed by atoms with van der Waals surface area (Å²) < 4.78 is 0. The van der Waals surface area contributed by atoms with Crippen molar-refractivity contribution in [1.82, 2.24) is 10.3 Å². The van der Waals surface area contributed by atoms with E-state index < -0.39 is 0 Å². The molecule has 2 aliphatic rings. The molecule has 2 N–H and O–H groups in total. The molecule has 4 rings (SSSR count). The average Bonchev–Trinajstić information content (AvgIpc) is 2.57. The minimum Gasteiger partial charge on any atom is -0.335 e. The van der Waals surface area contributed by atoms with Crippen LogP contribution in [0.4, 0.5) is 11.5 Å². The van der Waals surface area contributed by atoms with Crippen LogP contribution < -0.4 is 15.5 Å². The van der Waals surface area contributed by atoms with Crippen LogP contribution in [0.25, 0.3) is 0 Å². The van der Waals surface area contributed by atoms with Gasteiger partial charge in [-0.05, 0) is 49.6 Å². The number of rotatable bonds is 3. The maximum Gasteiger partial charge on any atom is 0.256 e. The first-order valence-corrected chi connectivity index (χ1v) is 8.95. The van der Waals surface area contributed by atoms with Gasteiger partial charge in [-0.1, -0.05) is 18.6 Å². The average molecular weight is 350 g/mol. The molecule has 6 heteroatoms. The van der Waals surface area contributed by atoms with Crippen molar-refractivity contribution >= 4 is 23.3 Å². The van der Waals surface area contributed by atoms with E-state index in [0.29, 0.717) is 11.4 Å². The van der Waals surface area contributed by atoms with Gasteiger partial charge in [-0.2, -0.15) is 0 Å². The van der Waals surface area contributed by atoms with Gasteiger partial charge in [0.1, 0.15) is 12.0 Å². The Hall–Kier alpha value is -2.89. The number of carbonyl (C=O) groups excluding carboxylic acids is 2. The molecule has 0 bridgehead atoms. The molecule has 1 aliphatic carbocycles. The van der Waals surface area contributed by atoms with Crippen molar-refractivity contribution in [2.75, 3.05) is 17.3 Å². The van der Waals surface area contributed by atoms with Crippen molar-refractivity contribution in [3.8, 4) is 0 Å². The van der Waals surface area contributed by atoms with Gasteiger partial charge in [-0.3, -0.25) is 9.59 Å². The predicted molar refractivity (Wildman–Crippen MR) is 100.0 cm³/mol. The molecule has 0 spiro atoms. The molecule has 1 saturated carbocycles. The van der Waals surface area contributed by atoms with Gasteiger partial charge in [0, 0.05) is 24.3 Å². The van der Waals surface area contributed by atoms with Gasteiger partial charge in [-0.15, -0.1) is 0 Å². The molecule has 134 valence electrons. The van der Waals surface area contributed by atoms with Crippen LogP contribution in [-0.2, 0) is 4.79 Å². The number of pyridine rings is 1. The Kier molecular flexibility index (Phi) is 4.11. The summed E-state index contributed by atoms with van der Waals surface area (Å²) in [6.45, 7) is 1.91. The minimum absolute atomic E-state index is 0.0979. The molecule has 0 unspecified atom stereocenters. The number of amides is 2. The molecule has 0 saturated heterocycles. The number of hydrogen-bond acceptors (Lipinski definition) is 4. The summed E-state index contributed by atoms with van der Waals surface area (Å²) in [5.41, 5.74) is 3.18. The predicted octanol–water partition coefficient (Wildman–Crippen LogP) is 3.01. The standard InChI is InChI=1S/C20H22N4O2/c1-12-6-11-16-18(21-12)24(2)17(23-20(16)26)13-7-9-15(10-8-13)22-19(25)14-4-3-5-14/h6-11,14,17H,3-5H2,1-2H3,(H,22,25)(H,23,26)/t17-/m0/s1. The van der Waals surface area contributed by atoms with Gasteiger partial charge in [0.05, 0.1) is 5.56 Å². The Morgan fingerprint density at radius 1 is 1.19 bits per heavy atom. The smallest absolute Gasteiger partial charge is 0.256 e. The lowest BCUT2D eigenvalue weighted by Gasteiger charge is -2.35. The van der Waals surface area contributed by atoms with Crippen LogP contribution in [-0.4, -0.2) is 23.8 Å². The number of nitrogens with one attached hydrogen (secondary N) is 2. The van der Waals surface area contributed by atoms with Gasteiger partial charge in [-0.25, -0.2) is 4.98 Å². The molecule has 6 nitrogen and oxygen atoms in total. The van der Waals surface area contributed by atoms with Crippen molar-refractivity contribution in [2.24, 2.45) is 5.92 Å². The van der Waals surface area contributed by atoms with E-state index in [0.717, 1.165) is 36.2 Å². The van der Waals surface area contributed by atoms with E-state index in [1.807, 2.05) is 49.2 Å². The fourth-order valence-electron chi connectivity index (χ4n) is 3.38. The molecule has 2 heterocycles. The van der Waals surface area contributed by atoms with Gasteiger partial charge in [0.25, 0.3) is 5.91 Å². The van der Waals surface area contributed by atoms with E-state index in [1.54, 1.807) is 6.07 Å². The first-order chi connectivity index (χ1) is 12.5. The molecule has 2 amide bonds. The van der Waals surface area contributed by atoms with Crippen molar-refractivity contribution in [2.45, 2.75) is 32.4 Å². The maximum absolute atomic E-state index is 12.4. The molecule has 1 aliphatic heterocycles. The molecule has 1 fully saturated rings. The van der Waals surface area contributed by atoms with Crippen molar-refractivity contribution in [3.63, 3.8) is 0 Å². The van der Waals surface area contributed by atoms with Crippen LogP contribution in [0.5, 0.6) is 0 Å². The van der Waals surface area contributed by atoms with Crippen molar-refractivity contribution in [3.05, 3.63) is 53.2 Å². The second-order valence-corrected chi connectivity index (χ2v) is 7.05. The monoisotopic (exact) mass is 350 g/mol. The highest BCUT2D eigenvalue weighted by Crippen LogP contribution is 2.31. The Morgan fingerprint density at radius 2 is 1.92 bits per heavy atom. The van der Waals surface area contributed by atoms with Crippen LogP contribution in [0.15, 0.2) is 36.4 Å². The van der Waals surface area contributed by atoms with Crippen LogP contribution in [0, 0.1) is 12.8 Å². The Balaban J connectivity index is 1.54. The quantitative estimate of drug-likeness (QED) is 0.892. The number of hydrogen-bond donors (Lipinski definition) is 2. The van der Waals surface area contributed by atoms with Crippen molar-refractivity contribution < 1.29 is 9.59 Å². The SMILES string of the molecule is Cc1ccc2c(n1)N(C)[C@@H](c1ccc(NC(=O)C3CCC3)cc1)NC2=O. The highest BCUT2D eigenvalue weighted by atomic mass is 16.2. The van der Waals surface area contributed by atoms with Gasteiger partial charge < -0.3 is 15.5 Å². The molecule has 1 aromatic carbocycles. The highest BCUT2D eigenvalue weighted by Gasteiger charge is 2.30. The second-order valence-electron chi connectivity index (χ2n) is 7.05. The zero-order valence-corrected chi connectivity index (χ0v) is 15.0. The number of aromatic nitrogens is 1. The maximum atomic E-state index is 12.4. The summed E-state index contributed by atoms with van der Waals surface area (Å²) >= 11 is 0. The Bertz CT molecular complexity index is 859. The van der Waals surface area contributed by atoms with Crippen LogP contribution >= 0.6 is 0 Å². The van der Waals surface area contributed by atoms with Gasteiger partial charge in [0.15, 0.2) is 0 Å². The number of aryl methyl sites for hydroxylation is 1. The zero-order chi connectivity index (χ0) is 18.3. The topological polar surface area (TPSA) is 74.3 Å². The largest absolute Gasteiger partial charge is 0.335 e. The Morgan fingerprint density at radius 3 is 2.58 bits per heavy atom. The van der Waals surface area contributed by atoms with Crippen LogP contribution in [0.3, 0.4) is 0 Å². The molecule has 26 heavy (non-hydrogen) atoms. The molecule has 0 radical (unpaired) electrons. The highest BCUT2D eigenvalue weighted by molar-refractivity contribution is 6.01. The molecular formula is C20H22N4O2. The molecule has 1 aromatic heterocycles. The van der Waals surface area contributed by atoms with E-state index in [2.05, 4.69) is 15.6 Å². The first-order valence-electron chi connectivity index (χ1n) is 8.95. The number of benzene rings is 1. The Labute approximate surface area is 152 Å². The third kappa shape index (κ3) is 2.92. The minimum atomic E-state index is -0.291. The fraction of sp³-hybridized carbons (Fsp3) is 0.350. The van der Waals surface area contributed by atoms with E-state index >= 15 is 0 Å². The molecular weight excluding hydrogens is 328 g/mol. The zero-order valence-electron chi connectivity index (χ0n) is 15.0. The lowest BCUT2D eigenvalue weighted by Crippen LogP contribution is -2.45. The van der Waals surface area contributed by atoms with E-state index in [9.17, 15) is 9.59 Å². The van der Waals surface area contributed by atoms with E-state index in [4.69, 9.17) is 0 Å². The van der Waals surface area contributed by atoms with Crippen LogP contribution in [0.1, 0.15) is 47.0 Å². The van der Waals surface area contributed by atoms with Gasteiger partial charge >= 0.3 is 0 Å². The normalized spacial score (nSPS) is 19.4. The lowest BCUT2D eigenvalue weighted by molar-refractivity contribution is -0.122. The summed E-state index contributed by atoms with van der Waals surface area (Å²) in [5.74, 6) is 0.809. The number of carbonyl (C=O) groups is 2. The van der Waals surface area contributed by atoms with Crippen LogP contribution in [0.2, 0.25) is 0 Å². The van der Waals surface area contributed by atoms with Crippen molar-refractivity contribution in [1.29, 1.82) is 0 Å². The summed E-state index contributed by atoms with van der Waals surface area (Å²) in [7, 11) is 1.92.